The molecule has 1 atom stereocenters. The van der Waals surface area contributed by atoms with E-state index in [1.807, 2.05) is 13.0 Å². The zero-order valence-electron chi connectivity index (χ0n) is 10.9. The van der Waals surface area contributed by atoms with Crippen molar-refractivity contribution in [3.63, 3.8) is 0 Å². The molecule has 1 unspecified atom stereocenters. The number of hydrogen-bond donors (Lipinski definition) is 0. The van der Waals surface area contributed by atoms with E-state index in [0.717, 1.165) is 24.0 Å². The van der Waals surface area contributed by atoms with Gasteiger partial charge < -0.3 is 4.90 Å². The van der Waals surface area contributed by atoms with E-state index in [-0.39, 0.29) is 0 Å². The van der Waals surface area contributed by atoms with Crippen molar-refractivity contribution >= 4 is 12.0 Å². The fraction of sp³-hybridized carbons (Fsp3) is 0.533. The molecular formula is C15H21NO. The normalized spacial score (nSPS) is 20.0. The molecule has 0 aromatic heterocycles. The van der Waals surface area contributed by atoms with Gasteiger partial charge in [-0.3, -0.25) is 4.79 Å². The molecule has 0 aliphatic carbocycles. The lowest BCUT2D eigenvalue weighted by molar-refractivity contribution is 0.112. The number of hydrogen-bond acceptors (Lipinski definition) is 2. The minimum atomic E-state index is 0.650. The third-order valence-corrected chi connectivity index (χ3v) is 3.78. The smallest absolute Gasteiger partial charge is 0.150 e. The number of benzene rings is 1. The van der Waals surface area contributed by atoms with Gasteiger partial charge in [0.15, 0.2) is 0 Å². The molecule has 0 saturated carbocycles. The fourth-order valence-corrected chi connectivity index (χ4v) is 2.78. The topological polar surface area (TPSA) is 20.3 Å². The van der Waals surface area contributed by atoms with E-state index < -0.39 is 0 Å². The second-order valence-electron chi connectivity index (χ2n) is 5.31. The summed E-state index contributed by atoms with van der Waals surface area (Å²) in [6, 6.07) is 6.81. The van der Waals surface area contributed by atoms with Crippen molar-refractivity contribution in [2.45, 2.75) is 39.7 Å². The Morgan fingerprint density at radius 1 is 1.41 bits per heavy atom. The van der Waals surface area contributed by atoms with Crippen LogP contribution >= 0.6 is 0 Å². The molecule has 1 aliphatic rings. The van der Waals surface area contributed by atoms with E-state index in [2.05, 4.69) is 30.9 Å². The molecule has 1 fully saturated rings. The van der Waals surface area contributed by atoms with Crippen LogP contribution in [0.5, 0.6) is 0 Å². The fourth-order valence-electron chi connectivity index (χ4n) is 2.78. The first-order chi connectivity index (χ1) is 8.13. The molecular weight excluding hydrogens is 210 g/mol. The zero-order chi connectivity index (χ0) is 12.4. The highest BCUT2D eigenvalue weighted by Gasteiger charge is 2.27. The van der Waals surface area contributed by atoms with Crippen molar-refractivity contribution < 1.29 is 4.79 Å². The van der Waals surface area contributed by atoms with Gasteiger partial charge in [0.2, 0.25) is 0 Å². The van der Waals surface area contributed by atoms with Gasteiger partial charge >= 0.3 is 0 Å². The van der Waals surface area contributed by atoms with Crippen LogP contribution in [0.4, 0.5) is 5.69 Å². The number of rotatable bonds is 3. The minimum absolute atomic E-state index is 0.650. The SMILES string of the molecule is Cc1cc(N2CCCC2C(C)C)ccc1C=O. The maximum absolute atomic E-state index is 10.8. The van der Waals surface area contributed by atoms with Crippen molar-refractivity contribution in [1.82, 2.24) is 0 Å². The predicted octanol–water partition coefficient (Wildman–Crippen LogP) is 3.43. The first kappa shape index (κ1) is 12.2. The quantitative estimate of drug-likeness (QED) is 0.743. The van der Waals surface area contributed by atoms with Crippen LogP contribution < -0.4 is 4.90 Å². The van der Waals surface area contributed by atoms with Gasteiger partial charge in [0.25, 0.3) is 0 Å². The molecule has 17 heavy (non-hydrogen) atoms. The van der Waals surface area contributed by atoms with Gasteiger partial charge in [-0.1, -0.05) is 13.8 Å². The maximum atomic E-state index is 10.8. The number of aryl methyl sites for hydroxylation is 1. The van der Waals surface area contributed by atoms with Crippen LogP contribution in [0.3, 0.4) is 0 Å². The van der Waals surface area contributed by atoms with Gasteiger partial charge in [-0.05, 0) is 49.4 Å². The number of aldehydes is 1. The summed E-state index contributed by atoms with van der Waals surface area (Å²) in [5, 5.41) is 0. The first-order valence-corrected chi connectivity index (χ1v) is 6.46. The molecule has 2 nitrogen and oxygen atoms in total. The summed E-state index contributed by atoms with van der Waals surface area (Å²) >= 11 is 0. The van der Waals surface area contributed by atoms with Crippen molar-refractivity contribution in [2.24, 2.45) is 5.92 Å². The standard InChI is InChI=1S/C15H21NO/c1-11(2)15-5-4-8-16(15)14-7-6-13(10-17)12(3)9-14/h6-7,9-11,15H,4-5,8H2,1-3H3. The molecule has 1 heterocycles. The Hall–Kier alpha value is -1.31. The van der Waals surface area contributed by atoms with E-state index in [1.54, 1.807) is 0 Å². The summed E-state index contributed by atoms with van der Waals surface area (Å²) in [7, 11) is 0. The van der Waals surface area contributed by atoms with E-state index in [1.165, 1.54) is 18.5 Å². The Bertz CT molecular complexity index is 411. The highest BCUT2D eigenvalue weighted by atomic mass is 16.1. The molecule has 0 N–H and O–H groups in total. The summed E-state index contributed by atoms with van der Waals surface area (Å²) in [6.45, 7) is 7.72. The van der Waals surface area contributed by atoms with E-state index in [9.17, 15) is 4.79 Å². The van der Waals surface area contributed by atoms with Crippen molar-refractivity contribution in [1.29, 1.82) is 0 Å². The average Bonchev–Trinajstić information content (AvgIpc) is 2.77. The van der Waals surface area contributed by atoms with E-state index in [0.29, 0.717) is 12.0 Å². The molecule has 1 saturated heterocycles. The lowest BCUT2D eigenvalue weighted by Crippen LogP contribution is -2.33. The Labute approximate surface area is 104 Å². The maximum Gasteiger partial charge on any atom is 0.150 e. The third kappa shape index (κ3) is 2.36. The highest BCUT2D eigenvalue weighted by molar-refractivity contribution is 5.78. The first-order valence-electron chi connectivity index (χ1n) is 6.46. The van der Waals surface area contributed by atoms with Gasteiger partial charge in [-0.2, -0.15) is 0 Å². The molecule has 0 bridgehead atoms. The molecule has 1 aromatic rings. The van der Waals surface area contributed by atoms with Crippen molar-refractivity contribution in [3.05, 3.63) is 29.3 Å². The van der Waals surface area contributed by atoms with Crippen LogP contribution in [0.25, 0.3) is 0 Å². The average molecular weight is 231 g/mol. The van der Waals surface area contributed by atoms with Gasteiger partial charge in [0.05, 0.1) is 0 Å². The molecule has 0 spiro atoms. The van der Waals surface area contributed by atoms with Crippen LogP contribution in [0.1, 0.15) is 42.6 Å². The summed E-state index contributed by atoms with van der Waals surface area (Å²) < 4.78 is 0. The van der Waals surface area contributed by atoms with Crippen LogP contribution in [0, 0.1) is 12.8 Å². The van der Waals surface area contributed by atoms with E-state index >= 15 is 0 Å². The predicted molar refractivity (Wildman–Crippen MR) is 71.8 cm³/mol. The summed E-state index contributed by atoms with van der Waals surface area (Å²) in [5.41, 5.74) is 3.14. The molecule has 92 valence electrons. The zero-order valence-corrected chi connectivity index (χ0v) is 10.9. The molecule has 1 aliphatic heterocycles. The van der Waals surface area contributed by atoms with Crippen molar-refractivity contribution in [3.8, 4) is 0 Å². The number of nitrogens with zero attached hydrogens (tertiary/aromatic N) is 1. The van der Waals surface area contributed by atoms with Crippen LogP contribution in [-0.4, -0.2) is 18.9 Å². The third-order valence-electron chi connectivity index (χ3n) is 3.78. The monoisotopic (exact) mass is 231 g/mol. The highest BCUT2D eigenvalue weighted by Crippen LogP contribution is 2.30. The van der Waals surface area contributed by atoms with Gasteiger partial charge in [0.1, 0.15) is 6.29 Å². The van der Waals surface area contributed by atoms with Gasteiger partial charge in [-0.25, -0.2) is 0 Å². The number of carbonyl (C=O) groups is 1. The second kappa shape index (κ2) is 4.91. The lowest BCUT2D eigenvalue weighted by atomic mass is 10.0. The summed E-state index contributed by atoms with van der Waals surface area (Å²) in [5.74, 6) is 0.684. The Morgan fingerprint density at radius 3 is 2.76 bits per heavy atom. The Kier molecular flexibility index (Phi) is 3.51. The molecule has 0 radical (unpaired) electrons. The Balaban J connectivity index is 2.27. The minimum Gasteiger partial charge on any atom is -0.368 e. The summed E-state index contributed by atoms with van der Waals surface area (Å²) in [4.78, 5) is 13.3. The molecule has 1 aromatic carbocycles. The number of carbonyl (C=O) groups excluding carboxylic acids is 1. The van der Waals surface area contributed by atoms with Crippen LogP contribution in [0.15, 0.2) is 18.2 Å². The lowest BCUT2D eigenvalue weighted by Gasteiger charge is -2.30. The van der Waals surface area contributed by atoms with Crippen LogP contribution in [0.2, 0.25) is 0 Å². The number of anilines is 1. The second-order valence-corrected chi connectivity index (χ2v) is 5.31. The molecule has 0 amide bonds. The van der Waals surface area contributed by atoms with Gasteiger partial charge in [-0.15, -0.1) is 0 Å². The molecule has 2 heteroatoms. The van der Waals surface area contributed by atoms with Gasteiger partial charge in [0, 0.05) is 23.8 Å². The largest absolute Gasteiger partial charge is 0.368 e. The van der Waals surface area contributed by atoms with Crippen LogP contribution in [-0.2, 0) is 0 Å². The summed E-state index contributed by atoms with van der Waals surface area (Å²) in [6.07, 6.45) is 3.49. The molecule has 2 rings (SSSR count). The van der Waals surface area contributed by atoms with Crippen molar-refractivity contribution in [2.75, 3.05) is 11.4 Å². The Morgan fingerprint density at radius 2 is 2.18 bits per heavy atom. The van der Waals surface area contributed by atoms with E-state index in [4.69, 9.17) is 0 Å².